The van der Waals surface area contributed by atoms with Gasteiger partial charge in [0.1, 0.15) is 21.5 Å². The van der Waals surface area contributed by atoms with E-state index in [2.05, 4.69) is 5.32 Å². The summed E-state index contributed by atoms with van der Waals surface area (Å²) in [7, 11) is -3.72. The molecular formula is C18H17FN2O4S2. The first kappa shape index (κ1) is 19.3. The van der Waals surface area contributed by atoms with E-state index in [9.17, 15) is 17.6 Å². The molecule has 3 aromatic rings. The number of primary sulfonamides is 1. The maximum absolute atomic E-state index is 13.8. The molecule has 0 unspecified atom stereocenters. The summed E-state index contributed by atoms with van der Waals surface area (Å²) in [5.41, 5.74) is 0.372. The summed E-state index contributed by atoms with van der Waals surface area (Å²) in [6, 6.07) is 12.7. The number of nitrogens with two attached hydrogens (primary N) is 1. The van der Waals surface area contributed by atoms with Gasteiger partial charge in [-0.2, -0.15) is 0 Å². The molecule has 0 radical (unpaired) electrons. The summed E-state index contributed by atoms with van der Waals surface area (Å²) in [4.78, 5) is 12.7. The number of thiophene rings is 1. The third-order valence-electron chi connectivity index (χ3n) is 3.78. The Hall–Kier alpha value is -2.49. The van der Waals surface area contributed by atoms with E-state index in [1.807, 2.05) is 0 Å². The number of carbonyl (C=O) groups is 1. The van der Waals surface area contributed by atoms with Gasteiger partial charge in [0.25, 0.3) is 0 Å². The Labute approximate surface area is 159 Å². The zero-order valence-corrected chi connectivity index (χ0v) is 15.8. The van der Waals surface area contributed by atoms with Gasteiger partial charge in [0.2, 0.25) is 15.9 Å². The minimum Gasteiger partial charge on any atom is -0.461 e. The molecule has 0 aliphatic rings. The highest BCUT2D eigenvalue weighted by Crippen LogP contribution is 2.25. The number of hydrogen-bond donors (Lipinski definition) is 2. The number of rotatable bonds is 7. The fourth-order valence-corrected chi connectivity index (χ4v) is 4.15. The van der Waals surface area contributed by atoms with Gasteiger partial charge in [0.05, 0.1) is 12.1 Å². The van der Waals surface area contributed by atoms with Crippen LogP contribution in [0.2, 0.25) is 0 Å². The fourth-order valence-electron chi connectivity index (χ4n) is 2.44. The van der Waals surface area contributed by atoms with E-state index in [4.69, 9.17) is 9.56 Å². The quantitative estimate of drug-likeness (QED) is 0.627. The summed E-state index contributed by atoms with van der Waals surface area (Å²) in [6.45, 7) is 0.220. The van der Waals surface area contributed by atoms with Crippen LogP contribution in [0.25, 0.3) is 11.3 Å². The molecule has 2 aromatic heterocycles. The Morgan fingerprint density at radius 2 is 1.93 bits per heavy atom. The van der Waals surface area contributed by atoms with Crippen LogP contribution < -0.4 is 10.5 Å². The summed E-state index contributed by atoms with van der Waals surface area (Å²) in [5.74, 6) is 0.420. The molecule has 3 rings (SSSR count). The van der Waals surface area contributed by atoms with E-state index in [0.29, 0.717) is 28.4 Å². The zero-order valence-electron chi connectivity index (χ0n) is 14.1. The van der Waals surface area contributed by atoms with Gasteiger partial charge in [-0.05, 0) is 36.4 Å². The first-order valence-electron chi connectivity index (χ1n) is 8.05. The Kier molecular flexibility index (Phi) is 5.73. The van der Waals surface area contributed by atoms with Crippen LogP contribution in [0.3, 0.4) is 0 Å². The number of benzene rings is 1. The van der Waals surface area contributed by atoms with Gasteiger partial charge >= 0.3 is 0 Å². The molecular weight excluding hydrogens is 391 g/mol. The predicted molar refractivity (Wildman–Crippen MR) is 100.0 cm³/mol. The van der Waals surface area contributed by atoms with Crippen molar-refractivity contribution in [2.45, 2.75) is 23.6 Å². The SMILES string of the molecule is NS(=O)(=O)c1ccc(CNC(=O)CCc2ccc(-c3ccccc3F)o2)s1. The van der Waals surface area contributed by atoms with Crippen molar-refractivity contribution in [2.75, 3.05) is 0 Å². The minimum absolute atomic E-state index is 0.0583. The molecule has 0 saturated carbocycles. The fraction of sp³-hybridized carbons (Fsp3) is 0.167. The van der Waals surface area contributed by atoms with Crippen LogP contribution in [0, 0.1) is 5.82 Å². The van der Waals surface area contributed by atoms with Crippen LogP contribution in [0.15, 0.2) is 57.2 Å². The van der Waals surface area contributed by atoms with Crippen LogP contribution in [0.1, 0.15) is 17.1 Å². The number of hydrogen-bond acceptors (Lipinski definition) is 5. The second-order valence-electron chi connectivity index (χ2n) is 5.79. The predicted octanol–water partition coefficient (Wildman–Crippen LogP) is 3.04. The van der Waals surface area contributed by atoms with Crippen molar-refractivity contribution in [3.05, 3.63) is 65.0 Å². The average Bonchev–Trinajstić information content (AvgIpc) is 3.28. The zero-order chi connectivity index (χ0) is 19.4. The van der Waals surface area contributed by atoms with E-state index >= 15 is 0 Å². The maximum atomic E-state index is 13.8. The van der Waals surface area contributed by atoms with Crippen molar-refractivity contribution in [3.8, 4) is 11.3 Å². The molecule has 1 amide bonds. The maximum Gasteiger partial charge on any atom is 0.247 e. The van der Waals surface area contributed by atoms with Gasteiger partial charge in [-0.15, -0.1) is 11.3 Å². The lowest BCUT2D eigenvalue weighted by Crippen LogP contribution is -2.22. The van der Waals surface area contributed by atoms with Gasteiger partial charge in [0, 0.05) is 17.7 Å². The van der Waals surface area contributed by atoms with Crippen LogP contribution in [0.4, 0.5) is 4.39 Å². The molecule has 142 valence electrons. The molecule has 27 heavy (non-hydrogen) atoms. The number of aryl methyl sites for hydroxylation is 1. The van der Waals surface area contributed by atoms with Gasteiger partial charge in [0.15, 0.2) is 0 Å². The second kappa shape index (κ2) is 8.03. The molecule has 0 fully saturated rings. The first-order valence-corrected chi connectivity index (χ1v) is 10.4. The van der Waals surface area contributed by atoms with E-state index in [-0.39, 0.29) is 28.9 Å². The standard InChI is InChI=1S/C18H17FN2O4S2/c19-15-4-2-1-3-14(15)16-8-5-12(25-16)6-9-17(22)21-11-13-7-10-18(26-13)27(20,23)24/h1-5,7-8,10H,6,9,11H2,(H,21,22)(H2,20,23,24). The smallest absolute Gasteiger partial charge is 0.247 e. The summed E-state index contributed by atoms with van der Waals surface area (Å²) < 4.78 is 41.9. The van der Waals surface area contributed by atoms with E-state index in [1.165, 1.54) is 12.1 Å². The Morgan fingerprint density at radius 3 is 2.63 bits per heavy atom. The first-order chi connectivity index (χ1) is 12.8. The lowest BCUT2D eigenvalue weighted by molar-refractivity contribution is -0.121. The normalized spacial score (nSPS) is 11.5. The number of halogens is 1. The van der Waals surface area contributed by atoms with E-state index < -0.39 is 10.0 Å². The van der Waals surface area contributed by atoms with Crippen LogP contribution in [-0.2, 0) is 27.8 Å². The third-order valence-corrected chi connectivity index (χ3v) is 6.30. The molecule has 3 N–H and O–H groups in total. The van der Waals surface area contributed by atoms with E-state index in [0.717, 1.165) is 11.3 Å². The molecule has 0 aliphatic carbocycles. The monoisotopic (exact) mass is 408 g/mol. The number of carbonyl (C=O) groups excluding carboxylic acids is 1. The van der Waals surface area contributed by atoms with Gasteiger partial charge in [-0.1, -0.05) is 12.1 Å². The van der Waals surface area contributed by atoms with Crippen molar-refractivity contribution in [2.24, 2.45) is 5.14 Å². The highest BCUT2D eigenvalue weighted by Gasteiger charge is 2.13. The Balaban J connectivity index is 1.51. The van der Waals surface area contributed by atoms with Crippen LogP contribution in [0.5, 0.6) is 0 Å². The highest BCUT2D eigenvalue weighted by molar-refractivity contribution is 7.91. The number of amides is 1. The molecule has 2 heterocycles. The number of sulfonamides is 1. The average molecular weight is 408 g/mol. The summed E-state index contributed by atoms with van der Waals surface area (Å²) >= 11 is 1.02. The van der Waals surface area contributed by atoms with Crippen LogP contribution >= 0.6 is 11.3 Å². The largest absolute Gasteiger partial charge is 0.461 e. The molecule has 0 bridgehead atoms. The van der Waals surface area contributed by atoms with Crippen molar-refractivity contribution in [1.29, 1.82) is 0 Å². The third kappa shape index (κ3) is 5.03. The van der Waals surface area contributed by atoms with Crippen molar-refractivity contribution in [1.82, 2.24) is 5.32 Å². The van der Waals surface area contributed by atoms with Gasteiger partial charge < -0.3 is 9.73 Å². The molecule has 0 spiro atoms. The number of furan rings is 1. The Morgan fingerprint density at radius 1 is 1.15 bits per heavy atom. The topological polar surface area (TPSA) is 102 Å². The molecule has 1 aromatic carbocycles. The van der Waals surface area contributed by atoms with Crippen molar-refractivity contribution in [3.63, 3.8) is 0 Å². The second-order valence-corrected chi connectivity index (χ2v) is 8.74. The summed E-state index contributed by atoms with van der Waals surface area (Å²) in [6.07, 6.45) is 0.560. The van der Waals surface area contributed by atoms with Gasteiger partial charge in [-0.3, -0.25) is 4.79 Å². The molecule has 6 nitrogen and oxygen atoms in total. The Bertz CT molecular complexity index is 1060. The lowest BCUT2D eigenvalue weighted by atomic mass is 10.1. The molecule has 0 atom stereocenters. The van der Waals surface area contributed by atoms with Crippen molar-refractivity contribution < 1.29 is 22.0 Å². The summed E-state index contributed by atoms with van der Waals surface area (Å²) in [5, 5.41) is 7.77. The lowest BCUT2D eigenvalue weighted by Gasteiger charge is -2.03. The minimum atomic E-state index is -3.72. The number of nitrogens with one attached hydrogen (secondary N) is 1. The molecule has 0 aliphatic heterocycles. The highest BCUT2D eigenvalue weighted by atomic mass is 32.2. The molecule has 0 saturated heterocycles. The van der Waals surface area contributed by atoms with Crippen LogP contribution in [-0.4, -0.2) is 14.3 Å². The van der Waals surface area contributed by atoms with Crippen molar-refractivity contribution >= 4 is 27.3 Å². The van der Waals surface area contributed by atoms with E-state index in [1.54, 1.807) is 36.4 Å². The van der Waals surface area contributed by atoms with Gasteiger partial charge in [-0.25, -0.2) is 17.9 Å². The molecule has 9 heteroatoms.